The second kappa shape index (κ2) is 7.17. The Hall–Kier alpha value is -2.22. The molecular weight excluding hydrogens is 359 g/mol. The zero-order valence-corrected chi connectivity index (χ0v) is 12.9. The van der Waals surface area contributed by atoms with Gasteiger partial charge in [-0.05, 0) is 22.0 Å². The number of H-pyrrole nitrogens is 1. The fourth-order valence-corrected chi connectivity index (χ4v) is 2.13. The molecule has 1 N–H and O–H groups in total. The predicted octanol–water partition coefficient (Wildman–Crippen LogP) is 1.57. The maximum Gasteiger partial charge on any atom is 0.328 e. The summed E-state index contributed by atoms with van der Waals surface area (Å²) in [6.07, 6.45) is 1.23. The number of hydrogen-bond donors (Lipinski definition) is 1. The van der Waals surface area contributed by atoms with E-state index in [2.05, 4.69) is 20.9 Å². The number of halogens is 2. The van der Waals surface area contributed by atoms with Gasteiger partial charge in [-0.3, -0.25) is 14.6 Å². The van der Waals surface area contributed by atoms with Gasteiger partial charge in [-0.1, -0.05) is 12.1 Å². The first-order chi connectivity index (χ1) is 10.5. The summed E-state index contributed by atoms with van der Waals surface area (Å²) in [6.45, 7) is -0.125. The topological polar surface area (TPSA) is 81.2 Å². The highest BCUT2D eigenvalue weighted by atomic mass is 79.9. The third-order valence-corrected chi connectivity index (χ3v) is 3.49. The lowest BCUT2D eigenvalue weighted by Crippen LogP contribution is -2.29. The molecule has 0 unspecified atom stereocenters. The number of nitrogens with zero attached hydrogens (tertiary/aromatic N) is 1. The van der Waals surface area contributed by atoms with E-state index in [1.807, 2.05) is 0 Å². The van der Waals surface area contributed by atoms with Gasteiger partial charge in [0.25, 0.3) is 5.56 Å². The van der Waals surface area contributed by atoms with Gasteiger partial charge >= 0.3 is 11.7 Å². The van der Waals surface area contributed by atoms with Crippen LogP contribution in [0.15, 0.2) is 44.5 Å². The van der Waals surface area contributed by atoms with E-state index >= 15 is 0 Å². The molecule has 0 atom stereocenters. The molecule has 0 radical (unpaired) electrons. The molecule has 22 heavy (non-hydrogen) atoms. The summed E-state index contributed by atoms with van der Waals surface area (Å²) in [7, 11) is 0. The molecule has 2 rings (SSSR count). The maximum absolute atomic E-state index is 13.7. The predicted molar refractivity (Wildman–Crippen MR) is 79.8 cm³/mol. The first-order valence-electron chi connectivity index (χ1n) is 6.35. The number of esters is 1. The molecule has 1 aromatic heterocycles. The van der Waals surface area contributed by atoms with Gasteiger partial charge in [0.05, 0.1) is 10.9 Å². The van der Waals surface area contributed by atoms with Crippen molar-refractivity contribution in [1.82, 2.24) is 9.55 Å². The van der Waals surface area contributed by atoms with Crippen molar-refractivity contribution in [2.45, 2.75) is 19.6 Å². The molecule has 116 valence electrons. The normalized spacial score (nSPS) is 10.5. The number of carbonyl (C=O) groups excluding carboxylic acids is 1. The monoisotopic (exact) mass is 370 g/mol. The summed E-state index contributed by atoms with van der Waals surface area (Å²) < 4.78 is 20.1. The van der Waals surface area contributed by atoms with E-state index in [-0.39, 0.29) is 25.1 Å². The van der Waals surface area contributed by atoms with Crippen LogP contribution in [-0.4, -0.2) is 15.5 Å². The fourth-order valence-electron chi connectivity index (χ4n) is 1.72. The average Bonchev–Trinajstić information content (AvgIpc) is 2.48. The molecule has 6 nitrogen and oxygen atoms in total. The van der Waals surface area contributed by atoms with Crippen LogP contribution in [0.4, 0.5) is 4.39 Å². The molecule has 2 aromatic rings. The third-order valence-electron chi connectivity index (χ3n) is 2.87. The van der Waals surface area contributed by atoms with Crippen molar-refractivity contribution in [2.75, 3.05) is 0 Å². The molecule has 1 heterocycles. The van der Waals surface area contributed by atoms with Crippen molar-refractivity contribution in [1.29, 1.82) is 0 Å². The Balaban J connectivity index is 1.89. The van der Waals surface area contributed by atoms with Crippen LogP contribution in [0.1, 0.15) is 12.0 Å². The quantitative estimate of drug-likeness (QED) is 0.810. The highest BCUT2D eigenvalue weighted by Gasteiger charge is 2.09. The Morgan fingerprint density at radius 3 is 2.82 bits per heavy atom. The van der Waals surface area contributed by atoms with E-state index in [9.17, 15) is 18.8 Å². The Kier molecular flexibility index (Phi) is 5.26. The van der Waals surface area contributed by atoms with Crippen LogP contribution in [0.5, 0.6) is 0 Å². The largest absolute Gasteiger partial charge is 0.461 e. The zero-order valence-electron chi connectivity index (χ0n) is 11.3. The van der Waals surface area contributed by atoms with Crippen molar-refractivity contribution >= 4 is 21.9 Å². The van der Waals surface area contributed by atoms with E-state index in [0.29, 0.717) is 4.47 Å². The van der Waals surface area contributed by atoms with E-state index in [0.717, 1.165) is 0 Å². The van der Waals surface area contributed by atoms with Crippen molar-refractivity contribution in [2.24, 2.45) is 0 Å². The Bertz CT molecular complexity index is 800. The summed E-state index contributed by atoms with van der Waals surface area (Å²) in [4.78, 5) is 36.0. The molecule has 0 bridgehead atoms. The van der Waals surface area contributed by atoms with Gasteiger partial charge < -0.3 is 9.30 Å². The van der Waals surface area contributed by atoms with E-state index in [1.165, 1.54) is 22.9 Å². The minimum atomic E-state index is -0.599. The Morgan fingerprint density at radius 1 is 1.32 bits per heavy atom. The van der Waals surface area contributed by atoms with Crippen LogP contribution in [0, 0.1) is 5.82 Å². The van der Waals surface area contributed by atoms with Crippen molar-refractivity contribution < 1.29 is 13.9 Å². The molecule has 1 aromatic carbocycles. The van der Waals surface area contributed by atoms with Crippen LogP contribution in [0.2, 0.25) is 0 Å². The van der Waals surface area contributed by atoms with Crippen LogP contribution >= 0.6 is 15.9 Å². The van der Waals surface area contributed by atoms with Crippen molar-refractivity contribution in [3.63, 3.8) is 0 Å². The maximum atomic E-state index is 13.7. The highest BCUT2D eigenvalue weighted by Crippen LogP contribution is 2.19. The lowest BCUT2D eigenvalue weighted by Gasteiger charge is -2.07. The number of nitrogens with one attached hydrogen (secondary N) is 1. The number of ether oxygens (including phenoxy) is 1. The van der Waals surface area contributed by atoms with Gasteiger partial charge in [-0.25, -0.2) is 9.18 Å². The van der Waals surface area contributed by atoms with Gasteiger partial charge in [0.1, 0.15) is 12.4 Å². The summed E-state index contributed by atoms with van der Waals surface area (Å²) in [5.74, 6) is -1.05. The molecule has 0 fully saturated rings. The first-order valence-corrected chi connectivity index (χ1v) is 7.15. The number of aryl methyl sites for hydroxylation is 1. The lowest BCUT2D eigenvalue weighted by atomic mass is 10.2. The number of benzene rings is 1. The third kappa shape index (κ3) is 4.14. The molecule has 0 aliphatic carbocycles. The summed E-state index contributed by atoms with van der Waals surface area (Å²) >= 11 is 3.05. The second-order valence-corrected chi connectivity index (χ2v) is 5.28. The minimum absolute atomic E-state index is 0.0649. The fraction of sp³-hybridized carbons (Fsp3) is 0.214. The Labute approximate surface area is 132 Å². The van der Waals surface area contributed by atoms with Gasteiger partial charge in [-0.2, -0.15) is 0 Å². The van der Waals surface area contributed by atoms with Crippen LogP contribution < -0.4 is 11.2 Å². The van der Waals surface area contributed by atoms with E-state index < -0.39 is 23.0 Å². The SMILES string of the molecule is O=C(CCn1ccc(=O)[nH]c1=O)OCc1cccc(Br)c1F. The molecule has 0 aliphatic heterocycles. The summed E-state index contributed by atoms with van der Waals surface area (Å²) in [6, 6.07) is 5.88. The van der Waals surface area contributed by atoms with Crippen LogP contribution in [0.3, 0.4) is 0 Å². The first kappa shape index (κ1) is 16.2. The molecule has 8 heteroatoms. The van der Waals surface area contributed by atoms with Crippen LogP contribution in [-0.2, 0) is 22.7 Å². The van der Waals surface area contributed by atoms with Crippen molar-refractivity contribution in [3.05, 3.63) is 67.2 Å². The van der Waals surface area contributed by atoms with Gasteiger partial charge in [-0.15, -0.1) is 0 Å². The number of rotatable bonds is 5. The smallest absolute Gasteiger partial charge is 0.328 e. The van der Waals surface area contributed by atoms with E-state index in [1.54, 1.807) is 12.1 Å². The van der Waals surface area contributed by atoms with Crippen LogP contribution in [0.25, 0.3) is 0 Å². The second-order valence-electron chi connectivity index (χ2n) is 4.43. The van der Waals surface area contributed by atoms with Gasteiger partial charge in [0.2, 0.25) is 0 Å². The average molecular weight is 371 g/mol. The number of aromatic amines is 1. The number of aromatic nitrogens is 2. The summed E-state index contributed by atoms with van der Waals surface area (Å²) in [5, 5.41) is 0. The molecule has 0 saturated carbocycles. The number of hydrogen-bond acceptors (Lipinski definition) is 4. The van der Waals surface area contributed by atoms with E-state index in [4.69, 9.17) is 4.74 Å². The molecule has 0 aliphatic rings. The minimum Gasteiger partial charge on any atom is -0.461 e. The molecular formula is C14H12BrFN2O4. The Morgan fingerprint density at radius 2 is 2.09 bits per heavy atom. The molecule has 0 amide bonds. The zero-order chi connectivity index (χ0) is 16.1. The van der Waals surface area contributed by atoms with Gasteiger partial charge in [0, 0.05) is 24.4 Å². The standard InChI is InChI=1S/C14H12BrFN2O4/c15-10-3-1-2-9(13(10)16)8-22-12(20)5-7-18-6-4-11(19)17-14(18)21/h1-4,6H,5,7-8H2,(H,17,19,21). The molecule has 0 spiro atoms. The lowest BCUT2D eigenvalue weighted by molar-refractivity contribution is -0.145. The molecule has 0 saturated heterocycles. The number of carbonyl (C=O) groups is 1. The summed E-state index contributed by atoms with van der Waals surface area (Å²) in [5.41, 5.74) is -0.851. The van der Waals surface area contributed by atoms with Gasteiger partial charge in [0.15, 0.2) is 0 Å². The van der Waals surface area contributed by atoms with Crippen molar-refractivity contribution in [3.8, 4) is 0 Å². The highest BCUT2D eigenvalue weighted by molar-refractivity contribution is 9.10.